The van der Waals surface area contributed by atoms with Gasteiger partial charge >= 0.3 is 5.69 Å². The minimum Gasteiger partial charge on any atom is -0.355 e. The fourth-order valence-corrected chi connectivity index (χ4v) is 4.17. The standard InChI is InChI=1S/C23H29N5O3S/c1-23(2,3)13-16-25-19-18(21(30)28(5)22(31)27(19)4)20(26-16)32-14-17(29)24-12-11-15-9-7-6-8-10-15/h6-10H,11-14H2,1-5H3,(H,24,29). The molecule has 0 unspecified atom stereocenters. The van der Waals surface area contributed by atoms with E-state index in [9.17, 15) is 14.4 Å². The molecule has 0 saturated heterocycles. The molecule has 1 N–H and O–H groups in total. The number of fused-ring (bicyclic) bond motifs is 1. The van der Waals surface area contributed by atoms with Crippen molar-refractivity contribution < 1.29 is 4.79 Å². The monoisotopic (exact) mass is 455 g/mol. The molecule has 170 valence electrons. The van der Waals surface area contributed by atoms with Crippen LogP contribution in [-0.2, 0) is 31.7 Å². The number of hydrogen-bond acceptors (Lipinski definition) is 6. The predicted octanol–water partition coefficient (Wildman–Crippen LogP) is 2.07. The first-order valence-corrected chi connectivity index (χ1v) is 11.5. The fourth-order valence-electron chi connectivity index (χ4n) is 3.31. The Balaban J connectivity index is 1.84. The van der Waals surface area contributed by atoms with Gasteiger partial charge in [-0.1, -0.05) is 62.9 Å². The minimum atomic E-state index is -0.461. The molecule has 3 rings (SSSR count). The minimum absolute atomic E-state index is 0.0803. The highest BCUT2D eigenvalue weighted by Crippen LogP contribution is 2.25. The molecule has 0 radical (unpaired) electrons. The molecule has 0 atom stereocenters. The Morgan fingerprint density at radius 1 is 1.06 bits per heavy atom. The van der Waals surface area contributed by atoms with Crippen molar-refractivity contribution in [2.24, 2.45) is 19.5 Å². The largest absolute Gasteiger partial charge is 0.355 e. The van der Waals surface area contributed by atoms with Crippen molar-refractivity contribution in [3.63, 3.8) is 0 Å². The summed E-state index contributed by atoms with van der Waals surface area (Å²) in [5.41, 5.74) is 0.455. The predicted molar refractivity (Wildman–Crippen MR) is 127 cm³/mol. The first-order chi connectivity index (χ1) is 15.1. The molecule has 1 aromatic carbocycles. The van der Waals surface area contributed by atoms with E-state index < -0.39 is 11.2 Å². The van der Waals surface area contributed by atoms with Crippen molar-refractivity contribution in [2.75, 3.05) is 12.3 Å². The second-order valence-electron chi connectivity index (χ2n) is 8.96. The summed E-state index contributed by atoms with van der Waals surface area (Å²) in [4.78, 5) is 46.8. The number of aromatic nitrogens is 4. The molecule has 0 aliphatic heterocycles. The van der Waals surface area contributed by atoms with E-state index in [0.717, 1.165) is 16.6 Å². The molecule has 0 aliphatic carbocycles. The van der Waals surface area contributed by atoms with E-state index in [1.807, 2.05) is 30.3 Å². The number of amides is 1. The number of hydrogen-bond donors (Lipinski definition) is 1. The van der Waals surface area contributed by atoms with Gasteiger partial charge in [-0.3, -0.25) is 18.7 Å². The summed E-state index contributed by atoms with van der Waals surface area (Å²) >= 11 is 1.19. The Kier molecular flexibility index (Phi) is 7.18. The zero-order valence-corrected chi connectivity index (χ0v) is 20.0. The normalized spacial score (nSPS) is 11.7. The van der Waals surface area contributed by atoms with Gasteiger partial charge in [0.15, 0.2) is 5.65 Å². The second kappa shape index (κ2) is 9.68. The van der Waals surface area contributed by atoms with Crippen LogP contribution in [0.3, 0.4) is 0 Å². The summed E-state index contributed by atoms with van der Waals surface area (Å²) in [6.07, 6.45) is 1.31. The molecule has 0 aliphatic rings. The summed E-state index contributed by atoms with van der Waals surface area (Å²) in [7, 11) is 3.01. The van der Waals surface area contributed by atoms with Gasteiger partial charge in [0.05, 0.1) is 5.75 Å². The molecule has 2 aromatic heterocycles. The third-order valence-electron chi connectivity index (χ3n) is 4.92. The van der Waals surface area contributed by atoms with E-state index in [1.54, 1.807) is 7.05 Å². The van der Waals surface area contributed by atoms with Crippen LogP contribution in [0.15, 0.2) is 44.9 Å². The van der Waals surface area contributed by atoms with Crippen LogP contribution in [-0.4, -0.2) is 37.3 Å². The van der Waals surface area contributed by atoms with E-state index in [1.165, 1.54) is 23.4 Å². The number of nitrogens with one attached hydrogen (secondary N) is 1. The van der Waals surface area contributed by atoms with Crippen molar-refractivity contribution in [1.82, 2.24) is 24.4 Å². The summed E-state index contributed by atoms with van der Waals surface area (Å²) in [6, 6.07) is 9.93. The molecule has 3 aromatic rings. The van der Waals surface area contributed by atoms with Crippen LogP contribution >= 0.6 is 11.8 Å². The van der Waals surface area contributed by atoms with Crippen LogP contribution in [0, 0.1) is 5.41 Å². The molecule has 0 fully saturated rings. The molecule has 8 nitrogen and oxygen atoms in total. The Hall–Kier alpha value is -2.94. The van der Waals surface area contributed by atoms with Crippen molar-refractivity contribution in [3.05, 3.63) is 62.6 Å². The van der Waals surface area contributed by atoms with Gasteiger partial charge in [0.2, 0.25) is 5.91 Å². The molecule has 32 heavy (non-hydrogen) atoms. The van der Waals surface area contributed by atoms with Crippen molar-refractivity contribution >= 4 is 28.7 Å². The van der Waals surface area contributed by atoms with E-state index >= 15 is 0 Å². The molecular weight excluding hydrogens is 426 g/mol. The maximum atomic E-state index is 12.8. The van der Waals surface area contributed by atoms with Crippen LogP contribution in [0.2, 0.25) is 0 Å². The molecule has 0 spiro atoms. The quantitative estimate of drug-likeness (QED) is 0.433. The van der Waals surface area contributed by atoms with Crippen molar-refractivity contribution in [3.8, 4) is 0 Å². The number of nitrogens with zero attached hydrogens (tertiary/aromatic N) is 4. The van der Waals surface area contributed by atoms with E-state index in [2.05, 4.69) is 36.1 Å². The third kappa shape index (κ3) is 5.64. The number of carbonyl (C=O) groups is 1. The number of benzene rings is 1. The third-order valence-corrected chi connectivity index (χ3v) is 5.90. The van der Waals surface area contributed by atoms with Gasteiger partial charge in [-0.05, 0) is 17.4 Å². The maximum Gasteiger partial charge on any atom is 0.332 e. The smallest absolute Gasteiger partial charge is 0.332 e. The zero-order valence-electron chi connectivity index (χ0n) is 19.1. The van der Waals surface area contributed by atoms with Crippen LogP contribution in [0.4, 0.5) is 0 Å². The van der Waals surface area contributed by atoms with Crippen LogP contribution in [0.25, 0.3) is 11.0 Å². The van der Waals surface area contributed by atoms with Gasteiger partial charge in [-0.2, -0.15) is 0 Å². The summed E-state index contributed by atoms with van der Waals surface area (Å²) in [6.45, 7) is 6.73. The van der Waals surface area contributed by atoms with Gasteiger partial charge < -0.3 is 5.32 Å². The summed E-state index contributed by atoms with van der Waals surface area (Å²) in [5.74, 6) is 0.513. The Morgan fingerprint density at radius 2 is 1.75 bits per heavy atom. The zero-order chi connectivity index (χ0) is 23.5. The lowest BCUT2D eigenvalue weighted by Crippen LogP contribution is -2.38. The van der Waals surface area contributed by atoms with Gasteiger partial charge in [-0.25, -0.2) is 14.8 Å². The highest BCUT2D eigenvalue weighted by molar-refractivity contribution is 8.00. The number of carbonyl (C=O) groups excluding carboxylic acids is 1. The van der Waals surface area contributed by atoms with Crippen molar-refractivity contribution in [1.29, 1.82) is 0 Å². The van der Waals surface area contributed by atoms with Crippen LogP contribution in [0.1, 0.15) is 32.2 Å². The van der Waals surface area contributed by atoms with E-state index in [0.29, 0.717) is 29.5 Å². The molecule has 9 heteroatoms. The van der Waals surface area contributed by atoms with E-state index in [4.69, 9.17) is 0 Å². The van der Waals surface area contributed by atoms with Crippen LogP contribution < -0.4 is 16.6 Å². The van der Waals surface area contributed by atoms with Gasteiger partial charge in [0.25, 0.3) is 5.56 Å². The lowest BCUT2D eigenvalue weighted by atomic mass is 9.92. The fraction of sp³-hybridized carbons (Fsp3) is 0.435. The first-order valence-electron chi connectivity index (χ1n) is 10.5. The second-order valence-corrected chi connectivity index (χ2v) is 9.93. The number of aryl methyl sites for hydroxylation is 1. The summed E-state index contributed by atoms with van der Waals surface area (Å²) in [5, 5.41) is 3.59. The SMILES string of the molecule is Cn1c(=O)c2c(SCC(=O)NCCc3ccccc3)nc(CC(C)(C)C)nc2n(C)c1=O. The Bertz CT molecular complexity index is 1240. The lowest BCUT2D eigenvalue weighted by molar-refractivity contribution is -0.118. The topological polar surface area (TPSA) is 98.9 Å². The lowest BCUT2D eigenvalue weighted by Gasteiger charge is -2.18. The number of rotatable bonds is 7. The van der Waals surface area contributed by atoms with Crippen molar-refractivity contribution in [2.45, 2.75) is 38.6 Å². The maximum absolute atomic E-state index is 12.8. The van der Waals surface area contributed by atoms with Crippen LogP contribution in [0.5, 0.6) is 0 Å². The van der Waals surface area contributed by atoms with E-state index in [-0.39, 0.29) is 22.5 Å². The van der Waals surface area contributed by atoms with Gasteiger partial charge in [-0.15, -0.1) is 0 Å². The average molecular weight is 456 g/mol. The molecular formula is C23H29N5O3S. The van der Waals surface area contributed by atoms with Gasteiger partial charge in [0, 0.05) is 27.1 Å². The Morgan fingerprint density at radius 3 is 2.41 bits per heavy atom. The van der Waals surface area contributed by atoms with Gasteiger partial charge in [0.1, 0.15) is 16.2 Å². The highest BCUT2D eigenvalue weighted by Gasteiger charge is 2.21. The Labute approximate surface area is 191 Å². The number of thioether (sulfide) groups is 1. The molecule has 2 heterocycles. The molecule has 1 amide bonds. The highest BCUT2D eigenvalue weighted by atomic mass is 32.2. The first kappa shape index (κ1) is 23.7. The average Bonchev–Trinajstić information content (AvgIpc) is 2.74. The molecule has 0 saturated carbocycles. The summed E-state index contributed by atoms with van der Waals surface area (Å²) < 4.78 is 2.40. The molecule has 0 bridgehead atoms.